The standard InChI is InChI=1S/C28H39N3O2/c1-18(2)27-24-11-10-22(28(33)30-26(17-32)25-12-7-20(4)14-29-25)13-23(24)16-31(27)15-21-8-5-19(3)6-9-21/h7,10-14,18-19,21,26-27,32H,5-6,8-9,15-17H2,1-4H3,(H,30,33)/t19-,21-,26-,27-/m0/s1. The fourth-order valence-corrected chi connectivity index (χ4v) is 5.63. The van der Waals surface area contributed by atoms with E-state index in [0.29, 0.717) is 23.2 Å². The molecule has 1 fully saturated rings. The average molecular weight is 450 g/mol. The third kappa shape index (κ3) is 5.47. The van der Waals surface area contributed by atoms with Crippen LogP contribution in [-0.4, -0.2) is 34.0 Å². The highest BCUT2D eigenvalue weighted by atomic mass is 16.3. The number of hydrogen-bond acceptors (Lipinski definition) is 4. The summed E-state index contributed by atoms with van der Waals surface area (Å²) in [6.07, 6.45) is 7.13. The molecule has 2 N–H and O–H groups in total. The van der Waals surface area contributed by atoms with E-state index in [4.69, 9.17) is 0 Å². The highest BCUT2D eigenvalue weighted by Gasteiger charge is 2.34. The van der Waals surface area contributed by atoms with Crippen molar-refractivity contribution < 1.29 is 9.90 Å². The van der Waals surface area contributed by atoms with Gasteiger partial charge in [-0.1, -0.05) is 45.7 Å². The van der Waals surface area contributed by atoms with Gasteiger partial charge in [0.05, 0.1) is 18.3 Å². The molecule has 1 saturated carbocycles. The van der Waals surface area contributed by atoms with E-state index in [0.717, 1.165) is 30.5 Å². The Hall–Kier alpha value is -2.24. The monoisotopic (exact) mass is 449 g/mol. The topological polar surface area (TPSA) is 65.5 Å². The Morgan fingerprint density at radius 3 is 2.58 bits per heavy atom. The predicted molar refractivity (Wildman–Crippen MR) is 132 cm³/mol. The fraction of sp³-hybridized carbons (Fsp3) is 0.571. The average Bonchev–Trinajstić information content (AvgIpc) is 3.16. The molecule has 4 rings (SSSR count). The summed E-state index contributed by atoms with van der Waals surface area (Å²) in [5.41, 5.74) is 5.00. The second-order valence-electron chi connectivity index (χ2n) is 10.6. The van der Waals surface area contributed by atoms with Gasteiger partial charge in [0, 0.05) is 30.9 Å². The number of hydrogen-bond donors (Lipinski definition) is 2. The largest absolute Gasteiger partial charge is 0.394 e. The summed E-state index contributed by atoms with van der Waals surface area (Å²) in [4.78, 5) is 20.1. The van der Waals surface area contributed by atoms with Crippen LogP contribution < -0.4 is 5.32 Å². The van der Waals surface area contributed by atoms with Crippen LogP contribution in [0.5, 0.6) is 0 Å². The van der Waals surface area contributed by atoms with Gasteiger partial charge in [-0.15, -0.1) is 0 Å². The van der Waals surface area contributed by atoms with Crippen LogP contribution >= 0.6 is 0 Å². The number of carbonyl (C=O) groups excluding carboxylic acids is 1. The molecule has 1 aliphatic heterocycles. The Bertz CT molecular complexity index is 948. The van der Waals surface area contributed by atoms with Crippen LogP contribution in [0.3, 0.4) is 0 Å². The summed E-state index contributed by atoms with van der Waals surface area (Å²) in [5.74, 6) is 2.02. The summed E-state index contributed by atoms with van der Waals surface area (Å²) in [6.45, 7) is 10.8. The lowest BCUT2D eigenvalue weighted by Crippen LogP contribution is -2.32. The number of aliphatic hydroxyl groups excluding tert-OH is 1. The Morgan fingerprint density at radius 1 is 1.18 bits per heavy atom. The first-order valence-corrected chi connectivity index (χ1v) is 12.6. The van der Waals surface area contributed by atoms with Crippen molar-refractivity contribution in [3.63, 3.8) is 0 Å². The zero-order valence-electron chi connectivity index (χ0n) is 20.6. The third-order valence-electron chi connectivity index (χ3n) is 7.53. The Labute approximate surface area is 198 Å². The van der Waals surface area contributed by atoms with Crippen molar-refractivity contribution in [2.24, 2.45) is 17.8 Å². The molecule has 1 aliphatic carbocycles. The maximum atomic E-state index is 13.0. The number of benzene rings is 1. The zero-order valence-corrected chi connectivity index (χ0v) is 20.6. The SMILES string of the molecule is Cc1ccc([C@H](CO)NC(=O)c2ccc3c(c2)CN(C[C@H]2CC[C@H](C)CC2)[C@H]3C(C)C)nc1. The minimum atomic E-state index is -0.514. The number of pyridine rings is 1. The lowest BCUT2D eigenvalue weighted by molar-refractivity contribution is 0.0914. The molecule has 1 aromatic heterocycles. The maximum Gasteiger partial charge on any atom is 0.251 e. The molecule has 0 unspecified atom stereocenters. The summed E-state index contributed by atoms with van der Waals surface area (Å²) in [5, 5.41) is 12.8. The van der Waals surface area contributed by atoms with E-state index in [1.165, 1.54) is 36.8 Å². The molecule has 2 heterocycles. The normalized spacial score (nSPS) is 24.0. The molecule has 2 aromatic rings. The van der Waals surface area contributed by atoms with E-state index in [1.807, 2.05) is 25.1 Å². The quantitative estimate of drug-likeness (QED) is 0.610. The Balaban J connectivity index is 1.47. The van der Waals surface area contributed by atoms with Gasteiger partial charge in [-0.05, 0) is 72.4 Å². The number of rotatable bonds is 7. The molecular formula is C28H39N3O2. The van der Waals surface area contributed by atoms with E-state index < -0.39 is 6.04 Å². The van der Waals surface area contributed by atoms with Crippen molar-refractivity contribution in [1.82, 2.24) is 15.2 Å². The van der Waals surface area contributed by atoms with Crippen LogP contribution in [0.2, 0.25) is 0 Å². The second-order valence-corrected chi connectivity index (χ2v) is 10.6. The van der Waals surface area contributed by atoms with Crippen LogP contribution in [0.4, 0.5) is 0 Å². The number of nitrogens with zero attached hydrogens (tertiary/aromatic N) is 2. The van der Waals surface area contributed by atoms with Crippen molar-refractivity contribution in [1.29, 1.82) is 0 Å². The van der Waals surface area contributed by atoms with Gasteiger partial charge in [-0.25, -0.2) is 0 Å². The second kappa shape index (κ2) is 10.4. The molecule has 2 atom stereocenters. The lowest BCUT2D eigenvalue weighted by atomic mass is 9.82. The molecule has 5 heteroatoms. The van der Waals surface area contributed by atoms with Gasteiger partial charge in [0.15, 0.2) is 0 Å². The minimum absolute atomic E-state index is 0.167. The van der Waals surface area contributed by atoms with Crippen LogP contribution in [0.15, 0.2) is 36.5 Å². The van der Waals surface area contributed by atoms with Crippen molar-refractivity contribution in [3.8, 4) is 0 Å². The number of aryl methyl sites for hydroxylation is 1. The molecule has 0 radical (unpaired) electrons. The smallest absolute Gasteiger partial charge is 0.251 e. The molecular weight excluding hydrogens is 410 g/mol. The Morgan fingerprint density at radius 2 is 1.94 bits per heavy atom. The fourth-order valence-electron chi connectivity index (χ4n) is 5.63. The number of carbonyl (C=O) groups is 1. The Kier molecular flexibility index (Phi) is 7.50. The van der Waals surface area contributed by atoms with Gasteiger partial charge >= 0.3 is 0 Å². The summed E-state index contributed by atoms with van der Waals surface area (Å²) >= 11 is 0. The van der Waals surface area contributed by atoms with Gasteiger partial charge in [-0.3, -0.25) is 14.7 Å². The molecule has 0 spiro atoms. The van der Waals surface area contributed by atoms with Crippen molar-refractivity contribution in [2.75, 3.05) is 13.2 Å². The number of aliphatic hydroxyl groups is 1. The molecule has 1 amide bonds. The van der Waals surface area contributed by atoms with Gasteiger partial charge in [0.25, 0.3) is 5.91 Å². The van der Waals surface area contributed by atoms with Gasteiger partial charge in [0.1, 0.15) is 0 Å². The maximum absolute atomic E-state index is 13.0. The van der Waals surface area contributed by atoms with E-state index in [1.54, 1.807) is 6.20 Å². The minimum Gasteiger partial charge on any atom is -0.394 e. The molecule has 2 aliphatic rings. The van der Waals surface area contributed by atoms with Crippen LogP contribution in [0.25, 0.3) is 0 Å². The molecule has 178 valence electrons. The molecule has 0 bridgehead atoms. The van der Waals surface area contributed by atoms with E-state index in [2.05, 4.69) is 48.1 Å². The number of amides is 1. The summed E-state index contributed by atoms with van der Waals surface area (Å²) in [7, 11) is 0. The predicted octanol–water partition coefficient (Wildman–Crippen LogP) is 5.19. The third-order valence-corrected chi connectivity index (χ3v) is 7.53. The first kappa shape index (κ1) is 23.9. The van der Waals surface area contributed by atoms with E-state index in [-0.39, 0.29) is 12.5 Å². The van der Waals surface area contributed by atoms with Gasteiger partial charge in [-0.2, -0.15) is 0 Å². The summed E-state index contributed by atoms with van der Waals surface area (Å²) < 4.78 is 0. The van der Waals surface area contributed by atoms with E-state index >= 15 is 0 Å². The molecule has 33 heavy (non-hydrogen) atoms. The van der Waals surface area contributed by atoms with Gasteiger partial charge < -0.3 is 10.4 Å². The first-order chi connectivity index (χ1) is 15.9. The molecule has 1 aromatic carbocycles. The first-order valence-electron chi connectivity index (χ1n) is 12.6. The number of nitrogens with one attached hydrogen (secondary N) is 1. The van der Waals surface area contributed by atoms with Crippen LogP contribution in [0.1, 0.15) is 91.3 Å². The van der Waals surface area contributed by atoms with E-state index in [9.17, 15) is 9.90 Å². The van der Waals surface area contributed by atoms with Gasteiger partial charge in [0.2, 0.25) is 0 Å². The van der Waals surface area contributed by atoms with Crippen LogP contribution in [0, 0.1) is 24.7 Å². The zero-order chi connectivity index (χ0) is 23.5. The lowest BCUT2D eigenvalue weighted by Gasteiger charge is -2.34. The molecule has 5 nitrogen and oxygen atoms in total. The number of fused-ring (bicyclic) bond motifs is 1. The van der Waals surface area contributed by atoms with Crippen molar-refractivity contribution in [3.05, 3.63) is 64.5 Å². The number of aromatic nitrogens is 1. The summed E-state index contributed by atoms with van der Waals surface area (Å²) in [6, 6.07) is 9.84. The van der Waals surface area contributed by atoms with Crippen molar-refractivity contribution >= 4 is 5.91 Å². The highest BCUT2D eigenvalue weighted by Crippen LogP contribution is 2.41. The molecule has 0 saturated heterocycles. The highest BCUT2D eigenvalue weighted by molar-refractivity contribution is 5.94. The van der Waals surface area contributed by atoms with Crippen molar-refractivity contribution in [2.45, 2.75) is 72.0 Å². The van der Waals surface area contributed by atoms with Crippen LogP contribution in [-0.2, 0) is 6.54 Å².